The Hall–Kier alpha value is -3.59. The normalized spacial score (nSPS) is 14.5. The molecule has 1 aromatic heterocycles. The Kier molecular flexibility index (Phi) is 8.26. The van der Waals surface area contributed by atoms with Crippen LogP contribution in [0.2, 0.25) is 5.02 Å². The number of likely N-dealkylation sites (tertiary alicyclic amines) is 1. The van der Waals surface area contributed by atoms with Gasteiger partial charge >= 0.3 is 6.03 Å². The molecule has 1 aliphatic rings. The summed E-state index contributed by atoms with van der Waals surface area (Å²) < 4.78 is 6.21. The van der Waals surface area contributed by atoms with E-state index in [0.29, 0.717) is 54.4 Å². The zero-order valence-electron chi connectivity index (χ0n) is 18.3. The fraction of sp³-hybridized carbons (Fsp3) is 0.304. The van der Waals surface area contributed by atoms with Gasteiger partial charge in [0.1, 0.15) is 17.5 Å². The number of carbonyl (C=O) groups is 2. The fourth-order valence-electron chi connectivity index (χ4n) is 3.48. The number of ether oxygens (including phenoxy) is 1. The van der Waals surface area contributed by atoms with Crippen molar-refractivity contribution in [3.05, 3.63) is 64.6 Å². The Bertz CT molecular complexity index is 1030. The molecule has 0 aliphatic carbocycles. The number of rotatable bonds is 7. The standard InChI is InChI=1S/C23H27ClN6O3/c1-27-23(32)30-8-6-18(7-9-30)33-21-10-20(28-14-19(21)16(11-25)12-26)22(31)29-13-15-2-4-17(24)5-3-15/h2-5,10-12,14,18,25H,6-9,13,26H2,1H3,(H,27,32)(H,29,31)/b16-12+,25-11?. The molecule has 2 aromatic rings. The third-order valence-electron chi connectivity index (χ3n) is 5.35. The molecule has 1 aromatic carbocycles. The number of benzene rings is 1. The van der Waals surface area contributed by atoms with Crippen LogP contribution in [0.25, 0.3) is 5.57 Å². The fourth-order valence-corrected chi connectivity index (χ4v) is 3.61. The van der Waals surface area contributed by atoms with Gasteiger partial charge in [0, 0.05) is 80.4 Å². The van der Waals surface area contributed by atoms with Crippen molar-refractivity contribution in [2.24, 2.45) is 5.73 Å². The second kappa shape index (κ2) is 11.3. The van der Waals surface area contributed by atoms with E-state index in [0.717, 1.165) is 11.8 Å². The topological polar surface area (TPSA) is 133 Å². The summed E-state index contributed by atoms with van der Waals surface area (Å²) in [7, 11) is 1.60. The highest BCUT2D eigenvalue weighted by molar-refractivity contribution is 6.30. The molecular weight excluding hydrogens is 444 g/mol. The lowest BCUT2D eigenvalue weighted by atomic mass is 10.1. The number of nitrogens with zero attached hydrogens (tertiary/aromatic N) is 2. The van der Waals surface area contributed by atoms with Gasteiger partial charge in [0.05, 0.1) is 0 Å². The summed E-state index contributed by atoms with van der Waals surface area (Å²) >= 11 is 5.90. The molecule has 3 amide bonds. The van der Waals surface area contributed by atoms with E-state index in [1.807, 2.05) is 12.1 Å². The van der Waals surface area contributed by atoms with Gasteiger partial charge in [0.25, 0.3) is 5.91 Å². The van der Waals surface area contributed by atoms with E-state index in [2.05, 4.69) is 15.6 Å². The van der Waals surface area contributed by atoms with Gasteiger partial charge in [-0.3, -0.25) is 9.78 Å². The van der Waals surface area contributed by atoms with E-state index >= 15 is 0 Å². The maximum atomic E-state index is 12.7. The highest BCUT2D eigenvalue weighted by Crippen LogP contribution is 2.28. The molecule has 3 rings (SSSR count). The van der Waals surface area contributed by atoms with E-state index in [1.54, 1.807) is 30.1 Å². The molecule has 1 fully saturated rings. The van der Waals surface area contributed by atoms with Crippen molar-refractivity contribution < 1.29 is 14.3 Å². The van der Waals surface area contributed by atoms with Crippen molar-refractivity contribution in [2.75, 3.05) is 20.1 Å². The van der Waals surface area contributed by atoms with Crippen LogP contribution in [0.1, 0.15) is 34.5 Å². The van der Waals surface area contributed by atoms with E-state index < -0.39 is 0 Å². The molecule has 33 heavy (non-hydrogen) atoms. The maximum absolute atomic E-state index is 12.7. The van der Waals surface area contributed by atoms with Crippen LogP contribution in [-0.4, -0.2) is 54.3 Å². The predicted octanol–water partition coefficient (Wildman–Crippen LogP) is 2.80. The first kappa shape index (κ1) is 24.1. The van der Waals surface area contributed by atoms with Gasteiger partial charge < -0.3 is 31.4 Å². The zero-order chi connectivity index (χ0) is 23.8. The number of piperidine rings is 1. The Morgan fingerprint density at radius 1 is 1.30 bits per heavy atom. The largest absolute Gasteiger partial charge is 0.489 e. The third-order valence-corrected chi connectivity index (χ3v) is 5.60. The van der Waals surface area contributed by atoms with Crippen molar-refractivity contribution in [2.45, 2.75) is 25.5 Å². The van der Waals surface area contributed by atoms with Crippen LogP contribution in [0, 0.1) is 5.41 Å². The number of urea groups is 1. The molecule has 0 saturated carbocycles. The lowest BCUT2D eigenvalue weighted by molar-refractivity contribution is 0.0941. The molecule has 1 aliphatic heterocycles. The van der Waals surface area contributed by atoms with Gasteiger partial charge in [0.15, 0.2) is 0 Å². The van der Waals surface area contributed by atoms with Crippen LogP contribution in [0.5, 0.6) is 5.75 Å². The summed E-state index contributed by atoms with van der Waals surface area (Å²) in [6, 6.07) is 8.63. The van der Waals surface area contributed by atoms with E-state index in [1.165, 1.54) is 12.4 Å². The van der Waals surface area contributed by atoms with Crippen molar-refractivity contribution in [3.63, 3.8) is 0 Å². The molecule has 2 heterocycles. The van der Waals surface area contributed by atoms with Gasteiger partial charge in [-0.25, -0.2) is 4.79 Å². The summed E-state index contributed by atoms with van der Waals surface area (Å²) in [4.78, 5) is 30.5. The summed E-state index contributed by atoms with van der Waals surface area (Å²) in [6.07, 6.45) is 5.01. The molecule has 0 radical (unpaired) electrons. The van der Waals surface area contributed by atoms with E-state index in [9.17, 15) is 9.59 Å². The zero-order valence-corrected chi connectivity index (χ0v) is 19.1. The highest BCUT2D eigenvalue weighted by Gasteiger charge is 2.25. The van der Waals surface area contributed by atoms with Crippen molar-refractivity contribution >= 4 is 35.3 Å². The second-order valence-electron chi connectivity index (χ2n) is 7.50. The van der Waals surface area contributed by atoms with Crippen LogP contribution in [0.4, 0.5) is 4.79 Å². The molecule has 174 valence electrons. The Labute approximate surface area is 197 Å². The average molecular weight is 471 g/mol. The number of hydrogen-bond acceptors (Lipinski definition) is 6. The Morgan fingerprint density at radius 2 is 2.00 bits per heavy atom. The van der Waals surface area contributed by atoms with Crippen LogP contribution in [-0.2, 0) is 6.54 Å². The van der Waals surface area contributed by atoms with Gasteiger partial charge in [-0.05, 0) is 17.7 Å². The van der Waals surface area contributed by atoms with Gasteiger partial charge in [-0.15, -0.1) is 0 Å². The minimum absolute atomic E-state index is 0.116. The molecule has 1 saturated heterocycles. The summed E-state index contributed by atoms with van der Waals surface area (Å²) in [5.74, 6) is 0.0594. The first-order valence-electron chi connectivity index (χ1n) is 10.5. The average Bonchev–Trinajstić information content (AvgIpc) is 2.85. The lowest BCUT2D eigenvalue weighted by Crippen LogP contribution is -2.45. The molecule has 0 unspecified atom stereocenters. The molecule has 0 bridgehead atoms. The highest BCUT2D eigenvalue weighted by atomic mass is 35.5. The Morgan fingerprint density at radius 3 is 2.61 bits per heavy atom. The van der Waals surface area contributed by atoms with Crippen LogP contribution >= 0.6 is 11.6 Å². The number of nitrogens with one attached hydrogen (secondary N) is 3. The second-order valence-corrected chi connectivity index (χ2v) is 7.94. The van der Waals surface area contributed by atoms with Gasteiger partial charge in [-0.2, -0.15) is 0 Å². The minimum atomic E-state index is -0.357. The number of aromatic nitrogens is 1. The van der Waals surface area contributed by atoms with E-state index in [-0.39, 0.29) is 23.7 Å². The SMILES string of the molecule is CNC(=O)N1CCC(Oc2cc(C(=O)NCc3ccc(Cl)cc3)ncc2/C(C=N)=C/N)CC1. The van der Waals surface area contributed by atoms with Crippen LogP contribution < -0.4 is 21.1 Å². The minimum Gasteiger partial charge on any atom is -0.489 e. The van der Waals surface area contributed by atoms with E-state index in [4.69, 9.17) is 27.5 Å². The molecule has 5 N–H and O–H groups in total. The number of nitrogens with two attached hydrogens (primary N) is 1. The number of allylic oxidation sites excluding steroid dienone is 1. The number of amides is 3. The number of pyridine rings is 1. The van der Waals surface area contributed by atoms with Gasteiger partial charge in [0.2, 0.25) is 0 Å². The van der Waals surface area contributed by atoms with Crippen molar-refractivity contribution in [3.8, 4) is 5.75 Å². The number of carbonyl (C=O) groups excluding carboxylic acids is 2. The van der Waals surface area contributed by atoms with Crippen LogP contribution in [0.3, 0.4) is 0 Å². The Balaban J connectivity index is 1.75. The number of halogens is 1. The predicted molar refractivity (Wildman–Crippen MR) is 127 cm³/mol. The first-order chi connectivity index (χ1) is 15.9. The summed E-state index contributed by atoms with van der Waals surface area (Å²) in [6.45, 7) is 1.44. The molecule has 0 spiro atoms. The lowest BCUT2D eigenvalue weighted by Gasteiger charge is -2.32. The third kappa shape index (κ3) is 6.23. The van der Waals surface area contributed by atoms with Crippen molar-refractivity contribution in [1.82, 2.24) is 20.5 Å². The molecule has 0 atom stereocenters. The molecule has 9 nitrogen and oxygen atoms in total. The van der Waals surface area contributed by atoms with Crippen LogP contribution in [0.15, 0.2) is 42.7 Å². The summed E-state index contributed by atoms with van der Waals surface area (Å²) in [5, 5.41) is 13.7. The molecule has 10 heteroatoms. The van der Waals surface area contributed by atoms with Crippen molar-refractivity contribution in [1.29, 1.82) is 5.41 Å². The quantitative estimate of drug-likeness (QED) is 0.462. The number of hydrogen-bond donors (Lipinski definition) is 4. The monoisotopic (exact) mass is 470 g/mol. The van der Waals surface area contributed by atoms with Gasteiger partial charge in [-0.1, -0.05) is 23.7 Å². The first-order valence-corrected chi connectivity index (χ1v) is 10.9. The smallest absolute Gasteiger partial charge is 0.317 e. The molecular formula is C23H27ClN6O3. The maximum Gasteiger partial charge on any atom is 0.317 e. The summed E-state index contributed by atoms with van der Waals surface area (Å²) in [5.41, 5.74) is 7.71.